The Hall–Kier alpha value is -4.49. The van der Waals surface area contributed by atoms with E-state index in [9.17, 15) is 19.2 Å². The summed E-state index contributed by atoms with van der Waals surface area (Å²) in [5.74, 6) is -1.58. The molecule has 0 aliphatic carbocycles. The highest BCUT2D eigenvalue weighted by Gasteiger charge is 2.33. The first-order valence-corrected chi connectivity index (χ1v) is 18.7. The Labute approximate surface area is 309 Å². The molecule has 3 rings (SSSR count). The monoisotopic (exact) mass is 719 g/mol. The quantitative estimate of drug-likeness (QED) is 0.0649. The van der Waals surface area contributed by atoms with Crippen molar-refractivity contribution in [3.8, 4) is 0 Å². The standard InChI is InChI=1S/C39H61N9O4/c1-27(2)25-34(37(51)45-33(17-11-20-43-28(3)4)38(52)47-21-12-22-48(24-23-47)39(41)42)46-36(50)32(19-18-29-13-7-5-8-14-29)44-35(49)31(40)26-30-15-9-6-10-16-30/h5-10,13-16,27-28,31-34,43H,11-12,17-26,40H2,1-4H3,(H3,41,42)(H,44,49)(H,45,51)(H,46,50)/t31-,32-,33-,34-/m1/s1. The molecule has 286 valence electrons. The van der Waals surface area contributed by atoms with E-state index in [1.807, 2.05) is 88.4 Å². The largest absolute Gasteiger partial charge is 0.370 e. The Bertz CT molecular complexity index is 1420. The minimum absolute atomic E-state index is 0.0254. The van der Waals surface area contributed by atoms with Crippen molar-refractivity contribution in [1.29, 1.82) is 5.41 Å². The highest BCUT2D eigenvalue weighted by atomic mass is 16.2. The first-order chi connectivity index (χ1) is 24.8. The number of guanidine groups is 1. The van der Waals surface area contributed by atoms with Gasteiger partial charge in [-0.3, -0.25) is 24.6 Å². The highest BCUT2D eigenvalue weighted by molar-refractivity contribution is 5.95. The summed E-state index contributed by atoms with van der Waals surface area (Å²) in [5.41, 5.74) is 13.9. The van der Waals surface area contributed by atoms with Crippen molar-refractivity contribution in [2.45, 2.75) is 103 Å². The third-order valence-electron chi connectivity index (χ3n) is 9.16. The van der Waals surface area contributed by atoms with Crippen molar-refractivity contribution in [2.75, 3.05) is 32.7 Å². The van der Waals surface area contributed by atoms with E-state index in [1.54, 1.807) is 9.80 Å². The van der Waals surface area contributed by atoms with Crippen molar-refractivity contribution in [2.24, 2.45) is 17.4 Å². The molecule has 2 aromatic rings. The fraction of sp³-hybridized carbons (Fsp3) is 0.564. The fourth-order valence-electron chi connectivity index (χ4n) is 6.26. The molecule has 9 N–H and O–H groups in total. The summed E-state index contributed by atoms with van der Waals surface area (Å²) >= 11 is 0. The number of carbonyl (C=O) groups excluding carboxylic acids is 4. The van der Waals surface area contributed by atoms with Crippen LogP contribution in [0.2, 0.25) is 0 Å². The number of amides is 4. The van der Waals surface area contributed by atoms with Crippen LogP contribution < -0.4 is 32.7 Å². The van der Waals surface area contributed by atoms with Crippen molar-refractivity contribution in [3.05, 3.63) is 71.8 Å². The molecular weight excluding hydrogens is 658 g/mol. The molecule has 1 aliphatic heterocycles. The van der Waals surface area contributed by atoms with Crippen LogP contribution in [0.3, 0.4) is 0 Å². The number of hydrogen-bond acceptors (Lipinski definition) is 7. The molecule has 13 nitrogen and oxygen atoms in total. The van der Waals surface area contributed by atoms with Crippen molar-refractivity contribution in [1.82, 2.24) is 31.1 Å². The number of aryl methyl sites for hydroxylation is 1. The Balaban J connectivity index is 1.78. The van der Waals surface area contributed by atoms with Crippen LogP contribution in [0.5, 0.6) is 0 Å². The molecule has 2 aromatic carbocycles. The lowest BCUT2D eigenvalue weighted by molar-refractivity contribution is -0.138. The molecule has 52 heavy (non-hydrogen) atoms. The number of benzene rings is 2. The molecule has 4 atom stereocenters. The van der Waals surface area contributed by atoms with E-state index < -0.39 is 41.9 Å². The molecule has 0 aromatic heterocycles. The number of hydrogen-bond donors (Lipinski definition) is 7. The SMILES string of the molecule is CC(C)C[C@@H](NC(=O)[C@@H](CCc1ccccc1)NC(=O)[C@H](N)Cc1ccccc1)C(=O)N[C@H](CCCNC(C)C)C(=O)N1CCCN(C(=N)N)CC1. The summed E-state index contributed by atoms with van der Waals surface area (Å²) < 4.78 is 0. The van der Waals surface area contributed by atoms with Gasteiger partial charge in [-0.15, -0.1) is 0 Å². The van der Waals surface area contributed by atoms with Gasteiger partial charge in [0.15, 0.2) is 5.96 Å². The van der Waals surface area contributed by atoms with Crippen molar-refractivity contribution >= 4 is 29.6 Å². The average molecular weight is 720 g/mol. The number of nitrogens with zero attached hydrogens (tertiary/aromatic N) is 2. The van der Waals surface area contributed by atoms with Gasteiger partial charge in [0.25, 0.3) is 0 Å². The lowest BCUT2D eigenvalue weighted by Gasteiger charge is -2.30. The number of nitrogens with one attached hydrogen (secondary N) is 5. The van der Waals surface area contributed by atoms with Crippen molar-refractivity contribution < 1.29 is 19.2 Å². The van der Waals surface area contributed by atoms with Crippen LogP contribution in [-0.4, -0.2) is 102 Å². The molecule has 0 bridgehead atoms. The Kier molecular flexibility index (Phi) is 17.6. The topological polar surface area (TPSA) is 199 Å². The number of rotatable bonds is 19. The average Bonchev–Trinajstić information content (AvgIpc) is 3.38. The number of carbonyl (C=O) groups is 4. The minimum Gasteiger partial charge on any atom is -0.370 e. The zero-order chi connectivity index (χ0) is 38.0. The lowest BCUT2D eigenvalue weighted by Crippen LogP contribution is -2.58. The van der Waals surface area contributed by atoms with E-state index >= 15 is 0 Å². The highest BCUT2D eigenvalue weighted by Crippen LogP contribution is 2.13. The third kappa shape index (κ3) is 14.6. The summed E-state index contributed by atoms with van der Waals surface area (Å²) in [7, 11) is 0. The van der Waals surface area contributed by atoms with Crippen LogP contribution >= 0.6 is 0 Å². The second kappa shape index (κ2) is 21.8. The molecular formula is C39H61N9O4. The smallest absolute Gasteiger partial charge is 0.245 e. The van der Waals surface area contributed by atoms with Gasteiger partial charge in [-0.05, 0) is 68.5 Å². The van der Waals surface area contributed by atoms with Gasteiger partial charge in [-0.1, -0.05) is 88.4 Å². The predicted molar refractivity (Wildman–Crippen MR) is 205 cm³/mol. The zero-order valence-electron chi connectivity index (χ0n) is 31.4. The Morgan fingerprint density at radius 2 is 1.29 bits per heavy atom. The fourth-order valence-corrected chi connectivity index (χ4v) is 6.26. The molecule has 1 heterocycles. The number of nitrogens with two attached hydrogens (primary N) is 2. The van der Waals surface area contributed by atoms with Crippen molar-refractivity contribution in [3.63, 3.8) is 0 Å². The van der Waals surface area contributed by atoms with E-state index in [4.69, 9.17) is 16.9 Å². The third-order valence-corrected chi connectivity index (χ3v) is 9.16. The van der Waals surface area contributed by atoms with Gasteiger partial charge >= 0.3 is 0 Å². The first kappa shape index (κ1) is 41.9. The summed E-state index contributed by atoms with van der Waals surface area (Å²) in [4.78, 5) is 58.7. The van der Waals surface area contributed by atoms with E-state index in [0.29, 0.717) is 77.7 Å². The second-order valence-corrected chi connectivity index (χ2v) is 14.4. The maximum absolute atomic E-state index is 14.0. The molecule has 1 aliphatic rings. The van der Waals surface area contributed by atoms with E-state index in [0.717, 1.165) is 11.1 Å². The van der Waals surface area contributed by atoms with Gasteiger partial charge in [0, 0.05) is 32.2 Å². The van der Waals surface area contributed by atoms with Gasteiger partial charge in [-0.25, -0.2) is 0 Å². The Morgan fingerprint density at radius 1 is 0.731 bits per heavy atom. The van der Waals surface area contributed by atoms with Gasteiger partial charge in [0.05, 0.1) is 6.04 Å². The van der Waals surface area contributed by atoms with Crippen LogP contribution in [0, 0.1) is 11.3 Å². The van der Waals surface area contributed by atoms with Gasteiger partial charge < -0.3 is 42.5 Å². The van der Waals surface area contributed by atoms with Gasteiger partial charge in [0.2, 0.25) is 23.6 Å². The summed E-state index contributed by atoms with van der Waals surface area (Å²) in [5, 5.41) is 20.0. The summed E-state index contributed by atoms with van der Waals surface area (Å²) in [6.45, 7) is 10.6. The zero-order valence-corrected chi connectivity index (χ0v) is 31.4. The predicted octanol–water partition coefficient (Wildman–Crippen LogP) is 1.90. The molecule has 1 saturated heterocycles. The van der Waals surface area contributed by atoms with Gasteiger partial charge in [-0.2, -0.15) is 0 Å². The Morgan fingerprint density at radius 3 is 1.90 bits per heavy atom. The second-order valence-electron chi connectivity index (χ2n) is 14.4. The van der Waals surface area contributed by atoms with Crippen LogP contribution in [-0.2, 0) is 32.0 Å². The molecule has 0 unspecified atom stereocenters. The van der Waals surface area contributed by atoms with Crippen LogP contribution in [0.15, 0.2) is 60.7 Å². The molecule has 0 radical (unpaired) electrons. The maximum Gasteiger partial charge on any atom is 0.245 e. The lowest BCUT2D eigenvalue weighted by atomic mass is 9.99. The van der Waals surface area contributed by atoms with Gasteiger partial charge in [0.1, 0.15) is 18.1 Å². The summed E-state index contributed by atoms with van der Waals surface area (Å²) in [6, 6.07) is 15.8. The summed E-state index contributed by atoms with van der Waals surface area (Å²) in [6.07, 6.45) is 3.17. The van der Waals surface area contributed by atoms with E-state index in [1.165, 1.54) is 0 Å². The van der Waals surface area contributed by atoms with E-state index in [2.05, 4.69) is 21.3 Å². The first-order valence-electron chi connectivity index (χ1n) is 18.7. The molecule has 0 spiro atoms. The molecule has 13 heteroatoms. The minimum atomic E-state index is -0.946. The van der Waals surface area contributed by atoms with Crippen LogP contribution in [0.25, 0.3) is 0 Å². The maximum atomic E-state index is 14.0. The van der Waals surface area contributed by atoms with E-state index in [-0.39, 0.29) is 23.8 Å². The molecule has 1 fully saturated rings. The normalized spacial score (nSPS) is 15.7. The molecule has 4 amide bonds. The molecule has 0 saturated carbocycles. The van der Waals surface area contributed by atoms with Crippen LogP contribution in [0.4, 0.5) is 0 Å². The van der Waals surface area contributed by atoms with Crippen LogP contribution in [0.1, 0.15) is 70.9 Å².